The highest BCUT2D eigenvalue weighted by molar-refractivity contribution is 5.84. The molecule has 0 aliphatic rings. The molecule has 70 valence electrons. The summed E-state index contributed by atoms with van der Waals surface area (Å²) in [5.41, 5.74) is 0.688. The maximum Gasteiger partial charge on any atom is 0.151 e. The Labute approximate surface area is 80.4 Å². The van der Waals surface area contributed by atoms with E-state index in [-0.39, 0.29) is 11.3 Å². The van der Waals surface area contributed by atoms with Crippen LogP contribution in [0.25, 0.3) is 10.9 Å². The van der Waals surface area contributed by atoms with E-state index in [0.29, 0.717) is 17.6 Å². The highest BCUT2D eigenvalue weighted by atomic mass is 19.1. The molecule has 1 heterocycles. The lowest BCUT2D eigenvalue weighted by Gasteiger charge is -1.93. The minimum atomic E-state index is -0.383. The number of hydrogen-bond donors (Lipinski definition) is 0. The Morgan fingerprint density at radius 1 is 1.57 bits per heavy atom. The number of fused-ring (bicyclic) bond motifs is 1. The second-order valence-corrected chi connectivity index (χ2v) is 2.91. The summed E-state index contributed by atoms with van der Waals surface area (Å²) >= 11 is 0. The Bertz CT molecular complexity index is 522. The number of aromatic nitrogens is 2. The lowest BCUT2D eigenvalue weighted by molar-refractivity contribution is 0.621. The van der Waals surface area contributed by atoms with Crippen LogP contribution in [0.2, 0.25) is 0 Å². The fourth-order valence-corrected chi connectivity index (χ4v) is 1.46. The van der Waals surface area contributed by atoms with Crippen LogP contribution in [0, 0.1) is 17.1 Å². The first kappa shape index (κ1) is 8.70. The number of halogens is 1. The van der Waals surface area contributed by atoms with Crippen LogP contribution in [0.1, 0.15) is 12.6 Å². The normalized spacial score (nSPS) is 10.4. The summed E-state index contributed by atoms with van der Waals surface area (Å²) in [6, 6.07) is 6.66. The van der Waals surface area contributed by atoms with E-state index in [2.05, 4.69) is 5.10 Å². The molecule has 0 atom stereocenters. The topological polar surface area (TPSA) is 41.6 Å². The van der Waals surface area contributed by atoms with Crippen molar-refractivity contribution >= 4 is 10.9 Å². The zero-order valence-electron chi connectivity index (χ0n) is 7.66. The van der Waals surface area contributed by atoms with E-state index >= 15 is 0 Å². The molecular formula is C10H8FN3. The molecule has 0 radical (unpaired) electrons. The van der Waals surface area contributed by atoms with Crippen LogP contribution in [0.4, 0.5) is 4.39 Å². The maximum atomic E-state index is 13.3. The van der Waals surface area contributed by atoms with Crippen LogP contribution in [-0.4, -0.2) is 9.78 Å². The Kier molecular flexibility index (Phi) is 1.93. The summed E-state index contributed by atoms with van der Waals surface area (Å²) < 4.78 is 14.8. The second-order valence-electron chi connectivity index (χ2n) is 2.91. The third kappa shape index (κ3) is 1.06. The molecule has 4 heteroatoms. The zero-order valence-corrected chi connectivity index (χ0v) is 7.66. The van der Waals surface area contributed by atoms with Gasteiger partial charge in [-0.25, -0.2) is 4.39 Å². The van der Waals surface area contributed by atoms with Crippen LogP contribution >= 0.6 is 0 Å². The Hall–Kier alpha value is -1.89. The fraction of sp³-hybridized carbons (Fsp3) is 0.200. The molecule has 0 saturated carbocycles. The van der Waals surface area contributed by atoms with Gasteiger partial charge in [0.15, 0.2) is 5.82 Å². The molecule has 0 bridgehead atoms. The van der Waals surface area contributed by atoms with E-state index in [1.807, 2.05) is 13.0 Å². The molecule has 1 aromatic carbocycles. The van der Waals surface area contributed by atoms with E-state index < -0.39 is 0 Å². The van der Waals surface area contributed by atoms with Gasteiger partial charge in [0.05, 0.1) is 0 Å². The van der Waals surface area contributed by atoms with Gasteiger partial charge in [-0.15, -0.1) is 0 Å². The van der Waals surface area contributed by atoms with Gasteiger partial charge in [-0.05, 0) is 19.1 Å². The summed E-state index contributed by atoms with van der Waals surface area (Å²) in [5.74, 6) is -0.383. The summed E-state index contributed by atoms with van der Waals surface area (Å²) in [6.45, 7) is 2.43. The standard InChI is InChI=1S/C10H8FN3/c1-2-14-9(6-12)7-4-3-5-8(11)10(7)13-14/h3-5H,2H2,1H3. The van der Waals surface area contributed by atoms with Crippen molar-refractivity contribution in [2.24, 2.45) is 0 Å². The minimum absolute atomic E-state index is 0.269. The molecule has 0 aliphatic carbocycles. The van der Waals surface area contributed by atoms with Gasteiger partial charge < -0.3 is 0 Å². The lowest BCUT2D eigenvalue weighted by atomic mass is 10.2. The van der Waals surface area contributed by atoms with Gasteiger partial charge in [0.1, 0.15) is 17.3 Å². The first-order chi connectivity index (χ1) is 6.77. The number of nitrogens with zero attached hydrogens (tertiary/aromatic N) is 3. The van der Waals surface area contributed by atoms with E-state index in [0.717, 1.165) is 0 Å². The Balaban J connectivity index is 2.88. The monoisotopic (exact) mass is 189 g/mol. The number of benzene rings is 1. The Morgan fingerprint density at radius 2 is 2.36 bits per heavy atom. The highest BCUT2D eigenvalue weighted by Crippen LogP contribution is 2.19. The minimum Gasteiger partial charge on any atom is -0.254 e. The van der Waals surface area contributed by atoms with Gasteiger partial charge in [0, 0.05) is 11.9 Å². The van der Waals surface area contributed by atoms with E-state index in [9.17, 15) is 4.39 Å². The van der Waals surface area contributed by atoms with Crippen molar-refractivity contribution in [2.75, 3.05) is 0 Å². The number of aryl methyl sites for hydroxylation is 1. The van der Waals surface area contributed by atoms with Crippen molar-refractivity contribution in [3.63, 3.8) is 0 Å². The molecule has 0 aliphatic heterocycles. The zero-order chi connectivity index (χ0) is 10.1. The number of hydrogen-bond acceptors (Lipinski definition) is 2. The summed E-state index contributed by atoms with van der Waals surface area (Å²) in [6.07, 6.45) is 0. The van der Waals surface area contributed by atoms with E-state index in [1.165, 1.54) is 10.7 Å². The van der Waals surface area contributed by atoms with Crippen LogP contribution in [-0.2, 0) is 6.54 Å². The van der Waals surface area contributed by atoms with Crippen molar-refractivity contribution in [1.29, 1.82) is 5.26 Å². The van der Waals surface area contributed by atoms with Crippen LogP contribution < -0.4 is 0 Å². The molecule has 3 nitrogen and oxygen atoms in total. The maximum absolute atomic E-state index is 13.3. The van der Waals surface area contributed by atoms with Crippen molar-refractivity contribution in [1.82, 2.24) is 9.78 Å². The smallest absolute Gasteiger partial charge is 0.151 e. The van der Waals surface area contributed by atoms with Crippen LogP contribution in [0.15, 0.2) is 18.2 Å². The molecule has 0 fully saturated rings. The molecule has 14 heavy (non-hydrogen) atoms. The number of rotatable bonds is 1. The molecule has 2 rings (SSSR count). The number of nitriles is 1. The van der Waals surface area contributed by atoms with Gasteiger partial charge in [-0.2, -0.15) is 10.4 Å². The molecule has 1 aromatic heterocycles. The van der Waals surface area contributed by atoms with Gasteiger partial charge >= 0.3 is 0 Å². The van der Waals surface area contributed by atoms with Crippen molar-refractivity contribution in [3.05, 3.63) is 29.7 Å². The van der Waals surface area contributed by atoms with Crippen LogP contribution in [0.5, 0.6) is 0 Å². The summed E-state index contributed by atoms with van der Waals surface area (Å²) in [4.78, 5) is 0. The van der Waals surface area contributed by atoms with Gasteiger partial charge in [0.2, 0.25) is 0 Å². The largest absolute Gasteiger partial charge is 0.254 e. The average Bonchev–Trinajstić information content (AvgIpc) is 2.57. The quantitative estimate of drug-likeness (QED) is 0.689. The van der Waals surface area contributed by atoms with Crippen molar-refractivity contribution < 1.29 is 4.39 Å². The lowest BCUT2D eigenvalue weighted by Crippen LogP contribution is -1.98. The van der Waals surface area contributed by atoms with E-state index in [4.69, 9.17) is 5.26 Å². The van der Waals surface area contributed by atoms with Crippen LogP contribution in [0.3, 0.4) is 0 Å². The third-order valence-electron chi connectivity index (χ3n) is 2.13. The van der Waals surface area contributed by atoms with E-state index in [1.54, 1.807) is 12.1 Å². The molecule has 0 saturated heterocycles. The molecule has 2 aromatic rings. The SMILES string of the molecule is CCn1nc2c(F)cccc2c1C#N. The van der Waals surface area contributed by atoms with Crippen molar-refractivity contribution in [3.8, 4) is 6.07 Å². The summed E-state index contributed by atoms with van der Waals surface area (Å²) in [5, 5.41) is 13.5. The fourth-order valence-electron chi connectivity index (χ4n) is 1.46. The summed E-state index contributed by atoms with van der Waals surface area (Å²) in [7, 11) is 0. The predicted octanol–water partition coefficient (Wildman–Crippen LogP) is 2.07. The molecule has 0 unspecified atom stereocenters. The van der Waals surface area contributed by atoms with Gasteiger partial charge in [-0.1, -0.05) is 6.07 Å². The second kappa shape index (κ2) is 3.11. The van der Waals surface area contributed by atoms with Gasteiger partial charge in [0.25, 0.3) is 0 Å². The first-order valence-electron chi connectivity index (χ1n) is 4.33. The Morgan fingerprint density at radius 3 is 3.00 bits per heavy atom. The predicted molar refractivity (Wildman–Crippen MR) is 50.1 cm³/mol. The first-order valence-corrected chi connectivity index (χ1v) is 4.33. The van der Waals surface area contributed by atoms with Crippen molar-refractivity contribution in [2.45, 2.75) is 13.5 Å². The molecule has 0 amide bonds. The third-order valence-corrected chi connectivity index (χ3v) is 2.13. The van der Waals surface area contributed by atoms with Gasteiger partial charge in [-0.3, -0.25) is 4.68 Å². The molecule has 0 spiro atoms. The molecule has 0 N–H and O–H groups in total. The highest BCUT2D eigenvalue weighted by Gasteiger charge is 2.11. The average molecular weight is 189 g/mol. The molecular weight excluding hydrogens is 181 g/mol.